The quantitative estimate of drug-likeness (QED) is 0.718. The zero-order valence-corrected chi connectivity index (χ0v) is 12.8. The third-order valence-corrected chi connectivity index (χ3v) is 3.36. The van der Waals surface area contributed by atoms with Gasteiger partial charge in [0.1, 0.15) is 0 Å². The molecule has 1 aromatic heterocycles. The van der Waals surface area contributed by atoms with Gasteiger partial charge in [-0.2, -0.15) is 4.68 Å². The van der Waals surface area contributed by atoms with Gasteiger partial charge in [0, 0.05) is 11.3 Å². The van der Waals surface area contributed by atoms with Crippen molar-refractivity contribution in [1.82, 2.24) is 14.8 Å². The lowest BCUT2D eigenvalue weighted by molar-refractivity contribution is 0.100. The van der Waals surface area contributed by atoms with E-state index in [0.717, 1.165) is 4.68 Å². The van der Waals surface area contributed by atoms with E-state index in [4.69, 9.17) is 0 Å². The molecule has 0 aliphatic heterocycles. The Bertz CT molecular complexity index is 957. The first-order valence-corrected chi connectivity index (χ1v) is 7.22. The predicted molar refractivity (Wildman–Crippen MR) is 88.6 cm³/mol. The molecule has 1 heterocycles. The number of Topliss-reactive ketones (excluding diaryl/α,β-unsaturated/α-hetero) is 1. The Morgan fingerprint density at radius 1 is 1.08 bits per heavy atom. The number of amides is 1. The zero-order chi connectivity index (χ0) is 17.1. The molecule has 1 amide bonds. The molecule has 0 fully saturated rings. The molecule has 7 heteroatoms. The number of nitrogens with one attached hydrogen (secondary N) is 2. The third-order valence-electron chi connectivity index (χ3n) is 3.36. The third kappa shape index (κ3) is 3.14. The molecule has 7 nitrogen and oxygen atoms in total. The fourth-order valence-electron chi connectivity index (χ4n) is 2.18. The van der Waals surface area contributed by atoms with Crippen LogP contribution in [0.15, 0.2) is 59.4 Å². The van der Waals surface area contributed by atoms with Crippen LogP contribution in [0.4, 0.5) is 5.69 Å². The molecular formula is C17H14N4O3. The smallest absolute Gasteiger partial charge is 0.319 e. The highest BCUT2D eigenvalue weighted by molar-refractivity contribution is 6.02. The van der Waals surface area contributed by atoms with E-state index in [0.29, 0.717) is 16.9 Å². The van der Waals surface area contributed by atoms with Crippen molar-refractivity contribution in [3.63, 3.8) is 0 Å². The van der Waals surface area contributed by atoms with Crippen molar-refractivity contribution in [1.29, 1.82) is 0 Å². The Hall–Kier alpha value is -3.48. The molecule has 0 aliphatic rings. The molecule has 0 unspecified atom stereocenters. The summed E-state index contributed by atoms with van der Waals surface area (Å²) < 4.78 is 1.11. The molecule has 3 rings (SSSR count). The summed E-state index contributed by atoms with van der Waals surface area (Å²) in [6, 6.07) is 15.3. The van der Waals surface area contributed by atoms with Gasteiger partial charge in [-0.3, -0.25) is 14.6 Å². The highest BCUT2D eigenvalue weighted by atomic mass is 16.2. The van der Waals surface area contributed by atoms with E-state index in [9.17, 15) is 14.4 Å². The molecule has 0 spiro atoms. The SMILES string of the molecule is CC(=O)c1cccc(NC(=O)c2nn(-c3ccccc3)c(=O)[nH]2)c1. The molecule has 120 valence electrons. The Morgan fingerprint density at radius 3 is 2.54 bits per heavy atom. The van der Waals surface area contributed by atoms with Gasteiger partial charge in [-0.25, -0.2) is 4.79 Å². The topological polar surface area (TPSA) is 96.8 Å². The number of anilines is 1. The first kappa shape index (κ1) is 15.4. The molecular weight excluding hydrogens is 308 g/mol. The van der Waals surface area contributed by atoms with Crippen LogP contribution in [-0.4, -0.2) is 26.5 Å². The predicted octanol–water partition coefficient (Wildman–Crippen LogP) is 2.02. The van der Waals surface area contributed by atoms with E-state index in [1.165, 1.54) is 6.92 Å². The molecule has 0 saturated heterocycles. The number of hydrogen-bond acceptors (Lipinski definition) is 4. The van der Waals surface area contributed by atoms with Gasteiger partial charge in [0.2, 0.25) is 5.82 Å². The second kappa shape index (κ2) is 6.33. The summed E-state index contributed by atoms with van der Waals surface area (Å²) in [6.07, 6.45) is 0. The Morgan fingerprint density at radius 2 is 1.83 bits per heavy atom. The van der Waals surface area contributed by atoms with Gasteiger partial charge in [-0.05, 0) is 31.2 Å². The number of nitrogens with zero attached hydrogens (tertiary/aromatic N) is 2. The maximum Gasteiger partial charge on any atom is 0.348 e. The summed E-state index contributed by atoms with van der Waals surface area (Å²) in [7, 11) is 0. The average Bonchev–Trinajstić information content (AvgIpc) is 2.98. The lowest BCUT2D eigenvalue weighted by Crippen LogP contribution is -2.15. The van der Waals surface area contributed by atoms with Crippen LogP contribution < -0.4 is 11.0 Å². The molecule has 0 radical (unpaired) electrons. The molecule has 0 bridgehead atoms. The van der Waals surface area contributed by atoms with Crippen LogP contribution in [0.3, 0.4) is 0 Å². The highest BCUT2D eigenvalue weighted by Gasteiger charge is 2.14. The van der Waals surface area contributed by atoms with Gasteiger partial charge in [-0.1, -0.05) is 30.3 Å². The highest BCUT2D eigenvalue weighted by Crippen LogP contribution is 2.12. The van der Waals surface area contributed by atoms with Gasteiger partial charge in [0.25, 0.3) is 5.91 Å². The number of aromatic nitrogens is 3. The van der Waals surface area contributed by atoms with E-state index in [1.54, 1.807) is 48.5 Å². The molecule has 2 N–H and O–H groups in total. The van der Waals surface area contributed by atoms with Gasteiger partial charge < -0.3 is 5.32 Å². The van der Waals surface area contributed by atoms with Crippen LogP contribution in [0.1, 0.15) is 27.9 Å². The van der Waals surface area contributed by atoms with Crippen LogP contribution >= 0.6 is 0 Å². The molecule has 2 aromatic carbocycles. The molecule has 24 heavy (non-hydrogen) atoms. The molecule has 3 aromatic rings. The standard InChI is InChI=1S/C17H14N4O3/c1-11(22)12-6-5-7-13(10-12)18-16(23)15-19-17(24)21(20-15)14-8-3-2-4-9-14/h2-10H,1H3,(H,18,23)(H,19,20,24). The summed E-state index contributed by atoms with van der Waals surface area (Å²) in [5.41, 5.74) is 0.971. The minimum atomic E-state index is -0.567. The largest absolute Gasteiger partial charge is 0.348 e. The number of hydrogen-bond donors (Lipinski definition) is 2. The number of rotatable bonds is 4. The van der Waals surface area contributed by atoms with Crippen LogP contribution in [0, 0.1) is 0 Å². The Kier molecular flexibility index (Phi) is 4.07. The average molecular weight is 322 g/mol. The second-order valence-corrected chi connectivity index (χ2v) is 5.12. The maximum atomic E-state index is 12.3. The zero-order valence-electron chi connectivity index (χ0n) is 12.8. The second-order valence-electron chi connectivity index (χ2n) is 5.12. The number of carbonyl (C=O) groups excluding carboxylic acids is 2. The number of ketones is 1. The van der Waals surface area contributed by atoms with Crippen LogP contribution in [0.5, 0.6) is 0 Å². The summed E-state index contributed by atoms with van der Waals surface area (Å²) in [5.74, 6) is -0.785. The van der Waals surface area contributed by atoms with Crippen molar-refractivity contribution in [3.8, 4) is 5.69 Å². The number of carbonyl (C=O) groups is 2. The van der Waals surface area contributed by atoms with E-state index < -0.39 is 11.6 Å². The van der Waals surface area contributed by atoms with Crippen molar-refractivity contribution in [2.75, 3.05) is 5.32 Å². The van der Waals surface area contributed by atoms with Crippen molar-refractivity contribution in [3.05, 3.63) is 76.5 Å². The fourth-order valence-corrected chi connectivity index (χ4v) is 2.18. The van der Waals surface area contributed by atoms with Gasteiger partial charge in [0.05, 0.1) is 5.69 Å². The molecule has 0 saturated carbocycles. The molecule has 0 atom stereocenters. The van der Waals surface area contributed by atoms with Crippen LogP contribution in [-0.2, 0) is 0 Å². The maximum absolute atomic E-state index is 12.3. The van der Waals surface area contributed by atoms with E-state index >= 15 is 0 Å². The number of H-pyrrole nitrogens is 1. The fraction of sp³-hybridized carbons (Fsp3) is 0.0588. The van der Waals surface area contributed by atoms with Gasteiger partial charge >= 0.3 is 5.69 Å². The van der Waals surface area contributed by atoms with E-state index in [2.05, 4.69) is 15.4 Å². The first-order chi connectivity index (χ1) is 11.5. The minimum Gasteiger partial charge on any atom is -0.319 e. The van der Waals surface area contributed by atoms with Crippen molar-refractivity contribution in [2.45, 2.75) is 6.92 Å². The summed E-state index contributed by atoms with van der Waals surface area (Å²) in [5, 5.41) is 6.61. The Balaban J connectivity index is 1.85. The summed E-state index contributed by atoms with van der Waals surface area (Å²) >= 11 is 0. The van der Waals surface area contributed by atoms with Crippen molar-refractivity contribution < 1.29 is 9.59 Å². The van der Waals surface area contributed by atoms with Gasteiger partial charge in [-0.15, -0.1) is 5.10 Å². The van der Waals surface area contributed by atoms with Gasteiger partial charge in [0.15, 0.2) is 5.78 Å². The minimum absolute atomic E-state index is 0.104. The first-order valence-electron chi connectivity index (χ1n) is 7.22. The summed E-state index contributed by atoms with van der Waals surface area (Å²) in [6.45, 7) is 1.44. The van der Waals surface area contributed by atoms with Crippen molar-refractivity contribution >= 4 is 17.4 Å². The molecule has 0 aliphatic carbocycles. The van der Waals surface area contributed by atoms with Crippen molar-refractivity contribution in [2.24, 2.45) is 0 Å². The number of para-hydroxylation sites is 1. The lowest BCUT2D eigenvalue weighted by Gasteiger charge is -2.04. The van der Waals surface area contributed by atoms with E-state index in [-0.39, 0.29) is 11.6 Å². The normalized spacial score (nSPS) is 10.4. The summed E-state index contributed by atoms with van der Waals surface area (Å²) in [4.78, 5) is 38.0. The number of benzene rings is 2. The van der Waals surface area contributed by atoms with Crippen LogP contribution in [0.2, 0.25) is 0 Å². The lowest BCUT2D eigenvalue weighted by atomic mass is 10.1. The van der Waals surface area contributed by atoms with Crippen LogP contribution in [0.25, 0.3) is 5.69 Å². The number of aromatic amines is 1. The monoisotopic (exact) mass is 322 g/mol. The van der Waals surface area contributed by atoms with E-state index in [1.807, 2.05) is 6.07 Å². The Labute approximate surface area is 137 Å².